The van der Waals surface area contributed by atoms with Crippen LogP contribution in [-0.2, 0) is 0 Å². The third-order valence-electron chi connectivity index (χ3n) is 4.83. The Balaban J connectivity index is 1.57. The fourth-order valence-corrected chi connectivity index (χ4v) is 3.53. The van der Waals surface area contributed by atoms with Gasteiger partial charge in [-0.1, -0.05) is 30.3 Å². The van der Waals surface area contributed by atoms with Crippen LogP contribution in [-0.4, -0.2) is 47.9 Å². The van der Waals surface area contributed by atoms with Gasteiger partial charge in [0.25, 0.3) is 5.91 Å². The molecule has 3 fully saturated rings. The van der Waals surface area contributed by atoms with Gasteiger partial charge in [-0.25, -0.2) is 0 Å². The third kappa shape index (κ3) is 2.44. The number of hydrogen-bond acceptors (Lipinski definition) is 3. The standard InChI is InChI=1S/C18H20N2O2/c21-18(20-11-10-19-8-6-16(20)7-9-19)17-12-15(13-22-17)14-4-2-1-3-5-14/h1-5,12-13,16H,6-11H2. The minimum atomic E-state index is 0.0379. The van der Waals surface area contributed by atoms with Crippen LogP contribution in [0.5, 0.6) is 0 Å². The third-order valence-corrected chi connectivity index (χ3v) is 4.83. The quantitative estimate of drug-likeness (QED) is 0.855. The highest BCUT2D eigenvalue weighted by Gasteiger charge is 2.33. The molecule has 4 heterocycles. The van der Waals surface area contributed by atoms with E-state index in [0.717, 1.165) is 50.1 Å². The molecule has 4 nitrogen and oxygen atoms in total. The van der Waals surface area contributed by atoms with Gasteiger partial charge in [0, 0.05) is 37.8 Å². The number of piperidine rings is 1. The molecule has 2 bridgehead atoms. The molecule has 4 heteroatoms. The lowest BCUT2D eigenvalue weighted by atomic mass is 10.0. The van der Waals surface area contributed by atoms with Crippen molar-refractivity contribution in [2.75, 3.05) is 26.2 Å². The average molecular weight is 296 g/mol. The lowest BCUT2D eigenvalue weighted by Gasteiger charge is -2.30. The number of fused-ring (bicyclic) bond motifs is 4. The van der Waals surface area contributed by atoms with Crippen molar-refractivity contribution in [1.82, 2.24) is 9.80 Å². The zero-order chi connectivity index (χ0) is 14.9. The van der Waals surface area contributed by atoms with E-state index in [2.05, 4.69) is 4.90 Å². The molecule has 3 aliphatic heterocycles. The monoisotopic (exact) mass is 296 g/mol. The number of carbonyl (C=O) groups is 1. The lowest BCUT2D eigenvalue weighted by Crippen LogP contribution is -2.41. The Labute approximate surface area is 130 Å². The first-order chi connectivity index (χ1) is 10.8. The van der Waals surface area contributed by atoms with Crippen molar-refractivity contribution < 1.29 is 9.21 Å². The maximum absolute atomic E-state index is 12.8. The molecule has 0 spiro atoms. The highest BCUT2D eigenvalue weighted by molar-refractivity contribution is 5.93. The molecule has 3 aliphatic rings. The van der Waals surface area contributed by atoms with Crippen molar-refractivity contribution in [2.24, 2.45) is 0 Å². The molecule has 0 atom stereocenters. The summed E-state index contributed by atoms with van der Waals surface area (Å²) in [4.78, 5) is 17.3. The van der Waals surface area contributed by atoms with Gasteiger partial charge in [-0.15, -0.1) is 0 Å². The van der Waals surface area contributed by atoms with E-state index in [-0.39, 0.29) is 5.91 Å². The molecule has 1 aromatic carbocycles. The van der Waals surface area contributed by atoms with Crippen LogP contribution in [0.25, 0.3) is 11.1 Å². The number of hydrogen-bond donors (Lipinski definition) is 0. The van der Waals surface area contributed by atoms with E-state index >= 15 is 0 Å². The maximum Gasteiger partial charge on any atom is 0.289 e. The SMILES string of the molecule is O=C(c1cc(-c2ccccc2)co1)N1CCN2CCC1CC2. The van der Waals surface area contributed by atoms with Gasteiger partial charge in [-0.2, -0.15) is 0 Å². The average Bonchev–Trinajstić information content (AvgIpc) is 2.88. The zero-order valence-electron chi connectivity index (χ0n) is 12.6. The predicted octanol–water partition coefficient (Wildman–Crippen LogP) is 2.87. The van der Waals surface area contributed by atoms with Crippen LogP contribution in [0, 0.1) is 0 Å². The summed E-state index contributed by atoms with van der Waals surface area (Å²) in [5, 5.41) is 0. The maximum atomic E-state index is 12.8. The molecule has 2 aromatic rings. The van der Waals surface area contributed by atoms with Gasteiger partial charge >= 0.3 is 0 Å². The summed E-state index contributed by atoms with van der Waals surface area (Å²) >= 11 is 0. The van der Waals surface area contributed by atoms with Crippen molar-refractivity contribution in [1.29, 1.82) is 0 Å². The minimum absolute atomic E-state index is 0.0379. The largest absolute Gasteiger partial charge is 0.459 e. The second-order valence-corrected chi connectivity index (χ2v) is 6.14. The molecule has 1 amide bonds. The van der Waals surface area contributed by atoms with Gasteiger partial charge in [0.05, 0.1) is 6.26 Å². The van der Waals surface area contributed by atoms with Crippen LogP contribution in [0.15, 0.2) is 47.1 Å². The van der Waals surface area contributed by atoms with Crippen LogP contribution in [0.1, 0.15) is 23.4 Å². The Morgan fingerprint density at radius 2 is 1.77 bits per heavy atom. The summed E-state index contributed by atoms with van der Waals surface area (Å²) in [7, 11) is 0. The van der Waals surface area contributed by atoms with Gasteiger partial charge in [-0.3, -0.25) is 4.79 Å². The van der Waals surface area contributed by atoms with E-state index in [0.29, 0.717) is 11.8 Å². The molecular formula is C18H20N2O2. The summed E-state index contributed by atoms with van der Waals surface area (Å²) in [5.41, 5.74) is 2.04. The van der Waals surface area contributed by atoms with Crippen molar-refractivity contribution in [3.8, 4) is 11.1 Å². The van der Waals surface area contributed by atoms with E-state index in [9.17, 15) is 4.79 Å². The number of furan rings is 1. The minimum Gasteiger partial charge on any atom is -0.459 e. The number of carbonyl (C=O) groups excluding carboxylic acids is 1. The first-order valence-electron chi connectivity index (χ1n) is 7.98. The summed E-state index contributed by atoms with van der Waals surface area (Å²) < 4.78 is 5.58. The fraction of sp³-hybridized carbons (Fsp3) is 0.389. The second kappa shape index (κ2) is 5.61. The Kier molecular flexibility index (Phi) is 3.47. The second-order valence-electron chi connectivity index (χ2n) is 6.14. The Hall–Kier alpha value is -2.07. The summed E-state index contributed by atoms with van der Waals surface area (Å²) in [6.45, 7) is 4.02. The highest BCUT2D eigenvalue weighted by Crippen LogP contribution is 2.26. The van der Waals surface area contributed by atoms with Crippen LogP contribution < -0.4 is 0 Å². The lowest BCUT2D eigenvalue weighted by molar-refractivity contribution is 0.0652. The topological polar surface area (TPSA) is 36.7 Å². The summed E-state index contributed by atoms with van der Waals surface area (Å²) in [5.74, 6) is 0.495. The molecular weight excluding hydrogens is 276 g/mol. The van der Waals surface area contributed by atoms with Gasteiger partial charge in [0.1, 0.15) is 0 Å². The molecule has 0 aliphatic carbocycles. The molecule has 114 valence electrons. The summed E-state index contributed by atoms with van der Waals surface area (Å²) in [6, 6.07) is 12.3. The van der Waals surface area contributed by atoms with Crippen LogP contribution in [0.4, 0.5) is 0 Å². The van der Waals surface area contributed by atoms with E-state index < -0.39 is 0 Å². The van der Waals surface area contributed by atoms with Crippen molar-refractivity contribution in [3.05, 3.63) is 48.4 Å². The predicted molar refractivity (Wildman–Crippen MR) is 84.6 cm³/mol. The van der Waals surface area contributed by atoms with Crippen molar-refractivity contribution in [2.45, 2.75) is 18.9 Å². The first kappa shape index (κ1) is 13.6. The molecule has 3 saturated heterocycles. The zero-order valence-corrected chi connectivity index (χ0v) is 12.6. The first-order valence-corrected chi connectivity index (χ1v) is 7.98. The molecule has 0 unspecified atom stereocenters. The van der Waals surface area contributed by atoms with Gasteiger partial charge < -0.3 is 14.2 Å². The number of rotatable bonds is 2. The van der Waals surface area contributed by atoms with Crippen molar-refractivity contribution in [3.63, 3.8) is 0 Å². The van der Waals surface area contributed by atoms with E-state index in [1.54, 1.807) is 6.26 Å². The normalized spacial score (nSPS) is 24.3. The molecule has 22 heavy (non-hydrogen) atoms. The number of amides is 1. The molecule has 0 N–H and O–H groups in total. The van der Waals surface area contributed by atoms with Gasteiger partial charge in [0.2, 0.25) is 0 Å². The smallest absolute Gasteiger partial charge is 0.289 e. The molecule has 0 radical (unpaired) electrons. The van der Waals surface area contributed by atoms with Crippen LogP contribution >= 0.6 is 0 Å². The van der Waals surface area contributed by atoms with Crippen LogP contribution in [0.3, 0.4) is 0 Å². The molecule has 5 rings (SSSR count). The highest BCUT2D eigenvalue weighted by atomic mass is 16.3. The Morgan fingerprint density at radius 3 is 2.55 bits per heavy atom. The molecule has 0 saturated carbocycles. The fourth-order valence-electron chi connectivity index (χ4n) is 3.53. The van der Waals surface area contributed by atoms with Gasteiger partial charge in [-0.05, 0) is 24.5 Å². The Bertz CT molecular complexity index is 657. The van der Waals surface area contributed by atoms with Gasteiger partial charge in [0.15, 0.2) is 5.76 Å². The van der Waals surface area contributed by atoms with Crippen LogP contribution in [0.2, 0.25) is 0 Å². The summed E-state index contributed by atoms with van der Waals surface area (Å²) in [6.07, 6.45) is 3.84. The molecule has 1 aromatic heterocycles. The number of benzene rings is 1. The van der Waals surface area contributed by atoms with E-state index in [1.165, 1.54) is 0 Å². The Morgan fingerprint density at radius 1 is 1.00 bits per heavy atom. The van der Waals surface area contributed by atoms with Crippen molar-refractivity contribution >= 4 is 5.91 Å². The number of nitrogens with zero attached hydrogens (tertiary/aromatic N) is 2. The van der Waals surface area contributed by atoms with E-state index in [1.807, 2.05) is 41.3 Å². The van der Waals surface area contributed by atoms with E-state index in [4.69, 9.17) is 4.42 Å².